The molecule has 1 aromatic rings. The second-order valence-corrected chi connectivity index (χ2v) is 4.44. The minimum absolute atomic E-state index is 0.0977. The molecule has 1 aromatic carbocycles. The molecule has 1 saturated carbocycles. The lowest BCUT2D eigenvalue weighted by Crippen LogP contribution is -2.34. The summed E-state index contributed by atoms with van der Waals surface area (Å²) in [6.45, 7) is 0.929. The van der Waals surface area contributed by atoms with Crippen molar-refractivity contribution in [1.82, 2.24) is 0 Å². The predicted octanol–water partition coefficient (Wildman–Crippen LogP) is 3.00. The molecule has 82 valence electrons. The van der Waals surface area contributed by atoms with Crippen molar-refractivity contribution < 1.29 is 8.78 Å². The van der Waals surface area contributed by atoms with Gasteiger partial charge in [0.1, 0.15) is 0 Å². The van der Waals surface area contributed by atoms with Gasteiger partial charge in [0.25, 0.3) is 5.92 Å². The molecule has 2 N–H and O–H groups in total. The summed E-state index contributed by atoms with van der Waals surface area (Å²) in [7, 11) is 0. The fourth-order valence-corrected chi connectivity index (χ4v) is 2.00. The van der Waals surface area contributed by atoms with Crippen LogP contribution in [0.1, 0.15) is 36.8 Å². The average Bonchev–Trinajstić information content (AvgIpc) is 2.12. The van der Waals surface area contributed by atoms with Crippen LogP contribution in [0.4, 0.5) is 8.78 Å². The lowest BCUT2D eigenvalue weighted by molar-refractivity contribution is 0.0173. The van der Waals surface area contributed by atoms with E-state index in [1.807, 2.05) is 6.07 Å². The van der Waals surface area contributed by atoms with Crippen molar-refractivity contribution >= 4 is 0 Å². The molecule has 0 saturated heterocycles. The smallest absolute Gasteiger partial charge is 0.270 e. The quantitative estimate of drug-likeness (QED) is 0.799. The summed E-state index contributed by atoms with van der Waals surface area (Å²) in [6, 6.07) is 6.94. The highest BCUT2D eigenvalue weighted by Gasteiger charge is 2.29. The van der Waals surface area contributed by atoms with Crippen LogP contribution in [0.5, 0.6) is 0 Å². The summed E-state index contributed by atoms with van der Waals surface area (Å²) in [5, 5.41) is 0. The van der Waals surface area contributed by atoms with Crippen LogP contribution in [0.15, 0.2) is 24.3 Å². The van der Waals surface area contributed by atoms with Crippen LogP contribution in [-0.4, -0.2) is 6.04 Å². The van der Waals surface area contributed by atoms with E-state index in [2.05, 4.69) is 0 Å². The molecule has 1 aliphatic rings. The Hall–Kier alpha value is -0.960. The van der Waals surface area contributed by atoms with Crippen molar-refractivity contribution in [1.29, 1.82) is 0 Å². The first kappa shape index (κ1) is 10.6. The largest absolute Gasteiger partial charge is 0.328 e. The van der Waals surface area contributed by atoms with Crippen molar-refractivity contribution in [3.8, 4) is 0 Å². The summed E-state index contributed by atoms with van der Waals surface area (Å²) >= 11 is 0. The fourth-order valence-electron chi connectivity index (χ4n) is 2.00. The zero-order valence-corrected chi connectivity index (χ0v) is 8.71. The first-order chi connectivity index (χ1) is 6.97. The van der Waals surface area contributed by atoms with Gasteiger partial charge in [-0.25, -0.2) is 8.78 Å². The third kappa shape index (κ3) is 2.17. The van der Waals surface area contributed by atoms with Crippen LogP contribution in [-0.2, 0) is 5.92 Å². The number of rotatable bonds is 2. The monoisotopic (exact) mass is 211 g/mol. The molecular weight excluding hydrogens is 196 g/mol. The zero-order valence-electron chi connectivity index (χ0n) is 8.71. The van der Waals surface area contributed by atoms with E-state index in [9.17, 15) is 8.78 Å². The van der Waals surface area contributed by atoms with Crippen LogP contribution >= 0.6 is 0 Å². The molecule has 1 aliphatic carbocycles. The second-order valence-electron chi connectivity index (χ2n) is 4.44. The Bertz CT molecular complexity index is 351. The molecule has 0 aromatic heterocycles. The van der Waals surface area contributed by atoms with E-state index in [1.165, 1.54) is 6.07 Å². The van der Waals surface area contributed by atoms with E-state index in [0.717, 1.165) is 25.3 Å². The lowest BCUT2D eigenvalue weighted by atomic mass is 9.76. The Kier molecular flexibility index (Phi) is 2.51. The second kappa shape index (κ2) is 3.56. The van der Waals surface area contributed by atoms with Gasteiger partial charge in [0, 0.05) is 18.5 Å². The van der Waals surface area contributed by atoms with Crippen molar-refractivity contribution in [3.63, 3.8) is 0 Å². The first-order valence-electron chi connectivity index (χ1n) is 5.20. The van der Waals surface area contributed by atoms with Gasteiger partial charge in [0.05, 0.1) is 0 Å². The van der Waals surface area contributed by atoms with Crippen LogP contribution in [0.25, 0.3) is 0 Å². The molecule has 3 heteroatoms. The third-order valence-electron chi connectivity index (χ3n) is 3.04. The maximum atomic E-state index is 13.1. The lowest BCUT2D eigenvalue weighted by Gasteiger charge is -2.33. The highest BCUT2D eigenvalue weighted by molar-refractivity contribution is 5.30. The summed E-state index contributed by atoms with van der Waals surface area (Å²) in [5.41, 5.74) is 6.78. The molecule has 0 unspecified atom stereocenters. The number of nitrogens with two attached hydrogens (primary N) is 1. The molecule has 1 fully saturated rings. The summed E-state index contributed by atoms with van der Waals surface area (Å²) in [6.07, 6.45) is 1.83. The van der Waals surface area contributed by atoms with Crippen LogP contribution < -0.4 is 5.73 Å². The maximum Gasteiger partial charge on any atom is 0.270 e. The zero-order chi connectivity index (χ0) is 11.1. The van der Waals surface area contributed by atoms with Gasteiger partial charge < -0.3 is 5.73 Å². The Morgan fingerprint density at radius 1 is 1.33 bits per heavy atom. The van der Waals surface area contributed by atoms with Gasteiger partial charge in [-0.1, -0.05) is 18.2 Å². The normalized spacial score (nSPS) is 26.1. The third-order valence-corrected chi connectivity index (χ3v) is 3.04. The molecule has 0 spiro atoms. The van der Waals surface area contributed by atoms with E-state index in [4.69, 9.17) is 5.73 Å². The fraction of sp³-hybridized carbons (Fsp3) is 0.500. The predicted molar refractivity (Wildman–Crippen MR) is 56.0 cm³/mol. The van der Waals surface area contributed by atoms with E-state index < -0.39 is 5.92 Å². The van der Waals surface area contributed by atoms with Gasteiger partial charge >= 0.3 is 0 Å². The molecule has 0 heterocycles. The Morgan fingerprint density at radius 3 is 2.53 bits per heavy atom. The average molecular weight is 211 g/mol. The first-order valence-corrected chi connectivity index (χ1v) is 5.20. The molecule has 2 rings (SSSR count). The van der Waals surface area contributed by atoms with Gasteiger partial charge in [0.15, 0.2) is 0 Å². The van der Waals surface area contributed by atoms with Gasteiger partial charge in [-0.05, 0) is 30.4 Å². The highest BCUT2D eigenvalue weighted by atomic mass is 19.3. The van der Waals surface area contributed by atoms with Crippen molar-refractivity contribution in [2.45, 2.75) is 37.6 Å². The summed E-state index contributed by atoms with van der Waals surface area (Å²) < 4.78 is 26.1. The van der Waals surface area contributed by atoms with E-state index >= 15 is 0 Å². The molecule has 0 atom stereocenters. The van der Waals surface area contributed by atoms with Crippen LogP contribution in [0, 0.1) is 0 Å². The van der Waals surface area contributed by atoms with Crippen molar-refractivity contribution in [3.05, 3.63) is 35.4 Å². The van der Waals surface area contributed by atoms with E-state index in [0.29, 0.717) is 5.92 Å². The van der Waals surface area contributed by atoms with Crippen molar-refractivity contribution in [2.75, 3.05) is 0 Å². The molecule has 0 amide bonds. The topological polar surface area (TPSA) is 26.0 Å². The Morgan fingerprint density at radius 2 is 2.00 bits per heavy atom. The molecule has 0 bridgehead atoms. The van der Waals surface area contributed by atoms with Gasteiger partial charge in [0.2, 0.25) is 0 Å². The molecule has 0 radical (unpaired) electrons. The number of benzene rings is 1. The van der Waals surface area contributed by atoms with Gasteiger partial charge in [-0.3, -0.25) is 0 Å². The summed E-state index contributed by atoms with van der Waals surface area (Å²) in [5.74, 6) is -2.37. The van der Waals surface area contributed by atoms with Crippen LogP contribution in [0.3, 0.4) is 0 Å². The molecular formula is C12H15F2N. The van der Waals surface area contributed by atoms with Gasteiger partial charge in [-0.15, -0.1) is 0 Å². The Labute approximate surface area is 88.3 Å². The molecule has 0 aliphatic heterocycles. The summed E-state index contributed by atoms with van der Waals surface area (Å²) in [4.78, 5) is 0. The van der Waals surface area contributed by atoms with E-state index in [-0.39, 0.29) is 11.6 Å². The Balaban J connectivity index is 2.20. The van der Waals surface area contributed by atoms with Gasteiger partial charge in [-0.2, -0.15) is 0 Å². The SMILES string of the molecule is CC(F)(F)c1cccc(C2CC(N)C2)c1. The number of hydrogen-bond acceptors (Lipinski definition) is 1. The minimum atomic E-state index is -2.75. The van der Waals surface area contributed by atoms with Crippen LogP contribution in [0.2, 0.25) is 0 Å². The molecule has 15 heavy (non-hydrogen) atoms. The maximum absolute atomic E-state index is 13.1. The minimum Gasteiger partial charge on any atom is -0.328 e. The number of halogens is 2. The number of hydrogen-bond donors (Lipinski definition) is 1. The van der Waals surface area contributed by atoms with Crippen molar-refractivity contribution in [2.24, 2.45) is 5.73 Å². The van der Waals surface area contributed by atoms with E-state index in [1.54, 1.807) is 12.1 Å². The standard InChI is InChI=1S/C12H15F2N/c1-12(13,14)10-4-2-3-8(5-10)9-6-11(15)7-9/h2-5,9,11H,6-7,15H2,1H3. The highest BCUT2D eigenvalue weighted by Crippen LogP contribution is 2.37. The molecule has 1 nitrogen and oxygen atoms in total. The number of alkyl halides is 2.